The van der Waals surface area contributed by atoms with Gasteiger partial charge in [0.15, 0.2) is 0 Å². The molecule has 1 spiro atoms. The van der Waals surface area contributed by atoms with E-state index >= 15 is 0 Å². The fraction of sp³-hybridized carbons (Fsp3) is 0.0926. The number of rotatable bonds is 6. The molecule has 2 aliphatic carbocycles. The van der Waals surface area contributed by atoms with E-state index in [1.165, 1.54) is 50.3 Å². The second kappa shape index (κ2) is 14.8. The molecule has 2 heteroatoms. The van der Waals surface area contributed by atoms with Crippen molar-refractivity contribution in [2.24, 2.45) is 0 Å². The van der Waals surface area contributed by atoms with E-state index in [4.69, 9.17) is 0 Å². The Morgan fingerprint density at radius 1 is 0.571 bits per heavy atom. The van der Waals surface area contributed by atoms with Gasteiger partial charge in [-0.05, 0) is 91.9 Å². The van der Waals surface area contributed by atoms with Crippen LogP contribution in [0.3, 0.4) is 0 Å². The number of fused-ring (bicyclic) bond motifs is 9. The summed E-state index contributed by atoms with van der Waals surface area (Å²) in [6.07, 6.45) is 11.9. The van der Waals surface area contributed by atoms with Crippen LogP contribution < -0.4 is 4.90 Å². The number of benzene rings is 7. The first-order chi connectivity index (χ1) is 27.7. The number of nitrogens with zero attached hydrogens (tertiary/aromatic N) is 1. The third kappa shape index (κ3) is 5.60. The maximum Gasteiger partial charge on any atom is 0.0754 e. The molecule has 0 fully saturated rings. The second-order valence-corrected chi connectivity index (χ2v) is 14.3. The number of hydrogen-bond donors (Lipinski definition) is 1. The van der Waals surface area contributed by atoms with Gasteiger partial charge in [-0.1, -0.05) is 196 Å². The van der Waals surface area contributed by atoms with E-state index in [0.717, 1.165) is 34.2 Å². The molecule has 1 heterocycles. The molecule has 7 aromatic rings. The monoisotopic (exact) mass is 720 g/mol. The average Bonchev–Trinajstić information content (AvgIpc) is 3.58. The van der Waals surface area contributed by atoms with E-state index in [1.807, 2.05) is 26.0 Å². The lowest BCUT2D eigenvalue weighted by molar-refractivity contribution is 0.700. The summed E-state index contributed by atoms with van der Waals surface area (Å²) in [4.78, 5) is 2.55. The van der Waals surface area contributed by atoms with Crippen molar-refractivity contribution in [3.63, 3.8) is 0 Å². The Hall–Kier alpha value is -6.77. The summed E-state index contributed by atoms with van der Waals surface area (Å²) in [5, 5.41) is 9.95. The zero-order chi connectivity index (χ0) is 38.1. The van der Waals surface area contributed by atoms with E-state index in [-0.39, 0.29) is 6.04 Å². The second-order valence-electron chi connectivity index (χ2n) is 14.3. The summed E-state index contributed by atoms with van der Waals surface area (Å²) in [6.45, 7) is 4.00. The van der Waals surface area contributed by atoms with E-state index in [2.05, 4.69) is 199 Å². The molecule has 56 heavy (non-hydrogen) atoms. The molecule has 0 radical (unpaired) electrons. The van der Waals surface area contributed by atoms with Gasteiger partial charge in [0.1, 0.15) is 0 Å². The van der Waals surface area contributed by atoms with Crippen LogP contribution in [0.5, 0.6) is 0 Å². The minimum absolute atomic E-state index is 0.203. The first kappa shape index (κ1) is 35.0. The van der Waals surface area contributed by atoms with Crippen LogP contribution in [0.1, 0.15) is 59.2 Å². The Morgan fingerprint density at radius 3 is 1.75 bits per heavy atom. The highest BCUT2D eigenvalue weighted by molar-refractivity contribution is 6.17. The van der Waals surface area contributed by atoms with Crippen molar-refractivity contribution >= 4 is 22.7 Å². The Morgan fingerprint density at radius 2 is 1.14 bits per heavy atom. The molecular weight excluding hydrogens is 677 g/mol. The van der Waals surface area contributed by atoms with Crippen LogP contribution in [-0.4, -0.2) is 11.8 Å². The average molecular weight is 721 g/mol. The Kier molecular flexibility index (Phi) is 9.25. The van der Waals surface area contributed by atoms with Crippen LogP contribution in [-0.2, 0) is 5.41 Å². The van der Waals surface area contributed by atoms with Crippen LogP contribution in [0.25, 0.3) is 27.8 Å². The highest BCUT2D eigenvalue weighted by atomic mass is 15.2. The van der Waals surface area contributed by atoms with Gasteiger partial charge in [0.05, 0.1) is 17.2 Å². The molecule has 0 aromatic heterocycles. The predicted molar refractivity (Wildman–Crippen MR) is 236 cm³/mol. The maximum atomic E-state index is 9.95. The van der Waals surface area contributed by atoms with Gasteiger partial charge in [-0.25, -0.2) is 0 Å². The van der Waals surface area contributed by atoms with Gasteiger partial charge in [0.2, 0.25) is 0 Å². The van der Waals surface area contributed by atoms with Crippen LogP contribution in [0.4, 0.5) is 11.4 Å². The van der Waals surface area contributed by atoms with Crippen LogP contribution in [0.15, 0.2) is 206 Å². The van der Waals surface area contributed by atoms with Gasteiger partial charge < -0.3 is 10.3 Å². The standard InChI is InChI=1S/C52H38N2.C2H6/c53-48(35-42(37-20-7-2-8-21-37)38-22-9-3-10-23-38)41-26-17-29-47-51(41)43-34-39(36-18-5-1-6-19-36)32-33-44(43)52(47)45-27-13-15-30-49(45)54(40-24-11-4-12-25-40)50-31-16-14-28-46(50)52;1-2/h1-24,26-35,40,53H,25H2;1-2H3. The van der Waals surface area contributed by atoms with Crippen molar-refractivity contribution in [3.05, 3.63) is 245 Å². The summed E-state index contributed by atoms with van der Waals surface area (Å²) in [5.74, 6) is 0. The predicted octanol–water partition coefficient (Wildman–Crippen LogP) is 13.6. The lowest BCUT2D eigenvalue weighted by Crippen LogP contribution is -2.41. The fourth-order valence-electron chi connectivity index (χ4n) is 9.18. The topological polar surface area (TPSA) is 27.1 Å². The third-order valence-electron chi connectivity index (χ3n) is 11.4. The van der Waals surface area contributed by atoms with Gasteiger partial charge in [-0.3, -0.25) is 0 Å². The number of hydrogen-bond acceptors (Lipinski definition) is 2. The van der Waals surface area contributed by atoms with Gasteiger partial charge in [-0.15, -0.1) is 0 Å². The van der Waals surface area contributed by atoms with Crippen molar-refractivity contribution in [2.45, 2.75) is 31.7 Å². The zero-order valence-electron chi connectivity index (χ0n) is 31.9. The van der Waals surface area contributed by atoms with Crippen LogP contribution in [0.2, 0.25) is 0 Å². The van der Waals surface area contributed by atoms with Crippen LogP contribution >= 0.6 is 0 Å². The third-order valence-corrected chi connectivity index (χ3v) is 11.4. The number of para-hydroxylation sites is 2. The molecule has 0 saturated heterocycles. The molecule has 0 bridgehead atoms. The summed E-state index contributed by atoms with van der Waals surface area (Å²) >= 11 is 0. The van der Waals surface area contributed by atoms with Crippen molar-refractivity contribution < 1.29 is 0 Å². The molecule has 10 rings (SSSR count). The summed E-state index contributed by atoms with van der Waals surface area (Å²) in [6, 6.07) is 63.5. The number of allylic oxidation sites excluding steroid dienone is 3. The molecule has 1 atom stereocenters. The quantitative estimate of drug-likeness (QED) is 0.170. The van der Waals surface area contributed by atoms with Crippen molar-refractivity contribution in [2.75, 3.05) is 4.90 Å². The Balaban J connectivity index is 0.00000202. The minimum Gasteiger partial charge on any atom is -0.334 e. The van der Waals surface area contributed by atoms with E-state index in [1.54, 1.807) is 0 Å². The number of anilines is 2. The summed E-state index contributed by atoms with van der Waals surface area (Å²) < 4.78 is 0. The van der Waals surface area contributed by atoms with E-state index in [0.29, 0.717) is 5.71 Å². The first-order valence-corrected chi connectivity index (χ1v) is 19.8. The largest absolute Gasteiger partial charge is 0.334 e. The highest BCUT2D eigenvalue weighted by Crippen LogP contribution is 2.63. The van der Waals surface area contributed by atoms with Crippen molar-refractivity contribution in [1.29, 1.82) is 5.41 Å². The lowest BCUT2D eigenvalue weighted by Gasteiger charge is -2.47. The summed E-state index contributed by atoms with van der Waals surface area (Å²) in [5.41, 5.74) is 16.2. The van der Waals surface area contributed by atoms with Crippen molar-refractivity contribution in [3.8, 4) is 22.3 Å². The lowest BCUT2D eigenvalue weighted by atomic mass is 9.64. The van der Waals surface area contributed by atoms with Crippen LogP contribution in [0, 0.1) is 5.41 Å². The zero-order valence-corrected chi connectivity index (χ0v) is 31.9. The van der Waals surface area contributed by atoms with Crippen molar-refractivity contribution in [1.82, 2.24) is 0 Å². The first-order valence-electron chi connectivity index (χ1n) is 19.8. The minimum atomic E-state index is -0.584. The molecule has 270 valence electrons. The molecule has 0 amide bonds. The fourth-order valence-corrected chi connectivity index (χ4v) is 9.18. The van der Waals surface area contributed by atoms with Gasteiger partial charge in [-0.2, -0.15) is 0 Å². The van der Waals surface area contributed by atoms with Gasteiger partial charge in [0.25, 0.3) is 0 Å². The molecule has 3 aliphatic rings. The molecule has 2 nitrogen and oxygen atoms in total. The highest BCUT2D eigenvalue weighted by Gasteiger charge is 2.52. The molecule has 7 aromatic carbocycles. The molecule has 0 saturated carbocycles. The maximum absolute atomic E-state index is 9.95. The van der Waals surface area contributed by atoms with Gasteiger partial charge in [0, 0.05) is 16.9 Å². The number of nitrogens with one attached hydrogen (secondary N) is 1. The van der Waals surface area contributed by atoms with E-state index < -0.39 is 5.41 Å². The van der Waals surface area contributed by atoms with Gasteiger partial charge >= 0.3 is 0 Å². The van der Waals surface area contributed by atoms with E-state index in [9.17, 15) is 5.41 Å². The molecular formula is C54H44N2. The molecule has 1 aliphatic heterocycles. The molecule has 1 N–H and O–H groups in total. The Bertz CT molecular complexity index is 2560. The Labute approximate surface area is 331 Å². The normalized spacial score (nSPS) is 15.1. The molecule has 1 unspecified atom stereocenters. The SMILES string of the molecule is CC.N=C(C=C(c1ccccc1)c1ccccc1)c1cccc2c1-c1cc(-c3ccccc3)ccc1C21c2ccccc2N(C2C=CC=CC2)c2ccccc21. The smallest absolute Gasteiger partial charge is 0.0754 e. The summed E-state index contributed by atoms with van der Waals surface area (Å²) in [7, 11) is 0.